The van der Waals surface area contributed by atoms with E-state index in [9.17, 15) is 4.79 Å². The molecule has 3 aromatic heterocycles. The summed E-state index contributed by atoms with van der Waals surface area (Å²) in [4.78, 5) is 29.2. The number of aromatic nitrogens is 5. The Bertz CT molecular complexity index is 902. The zero-order chi connectivity index (χ0) is 17.9. The molecule has 0 saturated carbocycles. The summed E-state index contributed by atoms with van der Waals surface area (Å²) in [6, 6.07) is 7.60. The highest BCUT2D eigenvalue weighted by atomic mass is 16.2. The van der Waals surface area contributed by atoms with Crippen LogP contribution >= 0.6 is 0 Å². The Hall–Kier alpha value is -3.23. The molecule has 26 heavy (non-hydrogen) atoms. The fraction of sp³-hybridized carbons (Fsp3) is 0.353. The van der Waals surface area contributed by atoms with Gasteiger partial charge in [0.2, 0.25) is 0 Å². The molecular formula is C17H20N8O. The molecule has 0 aromatic carbocycles. The molecule has 1 saturated heterocycles. The van der Waals surface area contributed by atoms with Gasteiger partial charge in [-0.3, -0.25) is 4.98 Å². The molecule has 1 fully saturated rings. The van der Waals surface area contributed by atoms with Crippen LogP contribution in [0, 0.1) is 6.92 Å². The van der Waals surface area contributed by atoms with Gasteiger partial charge >= 0.3 is 6.03 Å². The van der Waals surface area contributed by atoms with Crippen molar-refractivity contribution in [1.82, 2.24) is 34.8 Å². The summed E-state index contributed by atoms with van der Waals surface area (Å²) >= 11 is 0. The summed E-state index contributed by atoms with van der Waals surface area (Å²) < 4.78 is 1.74. The summed E-state index contributed by atoms with van der Waals surface area (Å²) in [5.41, 5.74) is 1.75. The van der Waals surface area contributed by atoms with Crippen LogP contribution in [-0.2, 0) is 6.54 Å². The van der Waals surface area contributed by atoms with E-state index >= 15 is 0 Å². The Labute approximate surface area is 150 Å². The SMILES string of the molecule is Cc1cc(N2CCN(C(=O)NCc3ccccn3)CC2)n2ncnc2n1. The minimum Gasteiger partial charge on any atom is -0.353 e. The number of nitrogens with zero attached hydrogens (tertiary/aromatic N) is 7. The maximum absolute atomic E-state index is 12.4. The van der Waals surface area contributed by atoms with Gasteiger partial charge in [-0.25, -0.2) is 9.78 Å². The number of piperazine rings is 1. The van der Waals surface area contributed by atoms with Crippen LogP contribution in [0.3, 0.4) is 0 Å². The first kappa shape index (κ1) is 16.2. The zero-order valence-electron chi connectivity index (χ0n) is 14.5. The van der Waals surface area contributed by atoms with Crippen molar-refractivity contribution in [2.24, 2.45) is 0 Å². The second kappa shape index (κ2) is 6.95. The number of hydrogen-bond acceptors (Lipinski definition) is 6. The Morgan fingerprint density at radius 3 is 2.81 bits per heavy atom. The lowest BCUT2D eigenvalue weighted by Gasteiger charge is -2.35. The van der Waals surface area contributed by atoms with E-state index in [0.717, 1.165) is 30.3 Å². The minimum atomic E-state index is -0.0629. The van der Waals surface area contributed by atoms with Gasteiger partial charge in [0.15, 0.2) is 0 Å². The summed E-state index contributed by atoms with van der Waals surface area (Å²) in [6.45, 7) is 5.13. The van der Waals surface area contributed by atoms with Crippen LogP contribution in [0.2, 0.25) is 0 Å². The molecule has 1 N–H and O–H groups in total. The number of urea groups is 1. The summed E-state index contributed by atoms with van der Waals surface area (Å²) in [6.07, 6.45) is 3.23. The van der Waals surface area contributed by atoms with E-state index in [1.807, 2.05) is 36.1 Å². The molecule has 3 aromatic rings. The molecule has 9 nitrogen and oxygen atoms in total. The van der Waals surface area contributed by atoms with Crippen molar-refractivity contribution < 1.29 is 4.79 Å². The molecule has 1 aliphatic heterocycles. The largest absolute Gasteiger partial charge is 0.353 e. The Kier molecular flexibility index (Phi) is 4.34. The number of aryl methyl sites for hydroxylation is 1. The van der Waals surface area contributed by atoms with Gasteiger partial charge in [-0.05, 0) is 19.1 Å². The van der Waals surface area contributed by atoms with Gasteiger partial charge in [-0.2, -0.15) is 14.6 Å². The maximum Gasteiger partial charge on any atom is 0.317 e. The smallest absolute Gasteiger partial charge is 0.317 e. The van der Waals surface area contributed by atoms with Crippen molar-refractivity contribution in [2.75, 3.05) is 31.1 Å². The fourth-order valence-corrected chi connectivity index (χ4v) is 3.06. The van der Waals surface area contributed by atoms with Crippen molar-refractivity contribution in [3.8, 4) is 0 Å². The lowest BCUT2D eigenvalue weighted by atomic mass is 10.3. The molecule has 0 radical (unpaired) electrons. The van der Waals surface area contributed by atoms with E-state index < -0.39 is 0 Å². The number of amides is 2. The molecule has 0 atom stereocenters. The minimum absolute atomic E-state index is 0.0629. The number of hydrogen-bond donors (Lipinski definition) is 1. The number of nitrogens with one attached hydrogen (secondary N) is 1. The van der Waals surface area contributed by atoms with Gasteiger partial charge in [0.05, 0.1) is 12.2 Å². The topological polar surface area (TPSA) is 91.5 Å². The number of pyridine rings is 1. The van der Waals surface area contributed by atoms with Gasteiger partial charge < -0.3 is 15.1 Å². The average molecular weight is 352 g/mol. The van der Waals surface area contributed by atoms with Crippen LogP contribution in [0.5, 0.6) is 0 Å². The first-order chi connectivity index (χ1) is 12.7. The van der Waals surface area contributed by atoms with Crippen LogP contribution in [0.15, 0.2) is 36.8 Å². The van der Waals surface area contributed by atoms with E-state index in [1.54, 1.807) is 10.7 Å². The van der Waals surface area contributed by atoms with Crippen LogP contribution in [-0.4, -0.2) is 61.7 Å². The van der Waals surface area contributed by atoms with Gasteiger partial charge in [-0.15, -0.1) is 0 Å². The Morgan fingerprint density at radius 2 is 2.04 bits per heavy atom. The first-order valence-corrected chi connectivity index (χ1v) is 8.56. The van der Waals surface area contributed by atoms with Gasteiger partial charge in [0, 0.05) is 44.1 Å². The molecule has 2 amide bonds. The summed E-state index contributed by atoms with van der Waals surface area (Å²) in [5, 5.41) is 7.18. The molecule has 134 valence electrons. The Balaban J connectivity index is 1.37. The van der Waals surface area contributed by atoms with E-state index in [4.69, 9.17) is 0 Å². The fourth-order valence-electron chi connectivity index (χ4n) is 3.06. The number of carbonyl (C=O) groups is 1. The zero-order valence-corrected chi connectivity index (χ0v) is 14.5. The van der Waals surface area contributed by atoms with Crippen molar-refractivity contribution >= 4 is 17.6 Å². The van der Waals surface area contributed by atoms with E-state index in [-0.39, 0.29) is 6.03 Å². The standard InChI is InChI=1S/C17H20N8O/c1-13-10-15(25-16(22-13)20-12-21-25)23-6-8-24(9-7-23)17(26)19-11-14-4-2-3-5-18-14/h2-5,10,12H,6-9,11H2,1H3,(H,19,26). The van der Waals surface area contributed by atoms with Crippen LogP contribution in [0.1, 0.15) is 11.4 Å². The number of anilines is 1. The molecule has 0 unspecified atom stereocenters. The summed E-state index contributed by atoms with van der Waals surface area (Å²) in [7, 11) is 0. The quantitative estimate of drug-likeness (QED) is 0.752. The van der Waals surface area contributed by atoms with E-state index in [2.05, 4.69) is 30.3 Å². The molecule has 4 heterocycles. The average Bonchev–Trinajstić information content (AvgIpc) is 3.15. The molecule has 1 aliphatic rings. The highest BCUT2D eigenvalue weighted by Gasteiger charge is 2.23. The first-order valence-electron chi connectivity index (χ1n) is 8.56. The maximum atomic E-state index is 12.4. The molecular weight excluding hydrogens is 332 g/mol. The molecule has 0 aliphatic carbocycles. The van der Waals surface area contributed by atoms with Crippen molar-refractivity contribution in [1.29, 1.82) is 0 Å². The highest BCUT2D eigenvalue weighted by Crippen LogP contribution is 2.17. The lowest BCUT2D eigenvalue weighted by Crippen LogP contribution is -2.52. The second-order valence-electron chi connectivity index (χ2n) is 6.18. The van der Waals surface area contributed by atoms with Crippen molar-refractivity contribution in [3.63, 3.8) is 0 Å². The van der Waals surface area contributed by atoms with Crippen LogP contribution in [0.25, 0.3) is 5.78 Å². The van der Waals surface area contributed by atoms with E-state index in [1.165, 1.54) is 6.33 Å². The summed E-state index contributed by atoms with van der Waals surface area (Å²) in [5.74, 6) is 1.55. The number of rotatable bonds is 3. The highest BCUT2D eigenvalue weighted by molar-refractivity contribution is 5.74. The second-order valence-corrected chi connectivity index (χ2v) is 6.18. The third kappa shape index (κ3) is 3.28. The third-order valence-electron chi connectivity index (χ3n) is 4.40. The van der Waals surface area contributed by atoms with Crippen molar-refractivity contribution in [3.05, 3.63) is 48.2 Å². The van der Waals surface area contributed by atoms with Gasteiger partial charge in [0.1, 0.15) is 12.1 Å². The van der Waals surface area contributed by atoms with Gasteiger partial charge in [0.25, 0.3) is 5.78 Å². The third-order valence-corrected chi connectivity index (χ3v) is 4.40. The number of fused-ring (bicyclic) bond motifs is 1. The molecule has 0 bridgehead atoms. The van der Waals surface area contributed by atoms with E-state index in [0.29, 0.717) is 25.4 Å². The lowest BCUT2D eigenvalue weighted by molar-refractivity contribution is 0.193. The normalized spacial score (nSPS) is 14.7. The predicted octanol–water partition coefficient (Wildman–Crippen LogP) is 0.860. The van der Waals surface area contributed by atoms with Crippen LogP contribution in [0.4, 0.5) is 10.6 Å². The predicted molar refractivity (Wildman–Crippen MR) is 95.8 cm³/mol. The molecule has 9 heteroatoms. The molecule has 0 spiro atoms. The van der Waals surface area contributed by atoms with Gasteiger partial charge in [-0.1, -0.05) is 6.07 Å². The van der Waals surface area contributed by atoms with Crippen LogP contribution < -0.4 is 10.2 Å². The monoisotopic (exact) mass is 352 g/mol. The van der Waals surface area contributed by atoms with Crippen molar-refractivity contribution in [2.45, 2.75) is 13.5 Å². The molecule has 4 rings (SSSR count). The Morgan fingerprint density at radius 1 is 1.19 bits per heavy atom. The number of carbonyl (C=O) groups excluding carboxylic acids is 1.